The second-order valence-corrected chi connectivity index (χ2v) is 4.66. The van der Waals surface area contributed by atoms with Crippen LogP contribution in [0.2, 0.25) is 0 Å². The molecule has 1 aliphatic heterocycles. The van der Waals surface area contributed by atoms with Crippen LogP contribution in [0.15, 0.2) is 17.2 Å². The van der Waals surface area contributed by atoms with Gasteiger partial charge in [-0.2, -0.15) is 4.98 Å². The van der Waals surface area contributed by atoms with Crippen LogP contribution < -0.4 is 5.32 Å². The van der Waals surface area contributed by atoms with Crippen LogP contribution in [0.5, 0.6) is 0 Å². The average Bonchev–Trinajstić information content (AvgIpc) is 2.94. The third kappa shape index (κ3) is 3.33. The summed E-state index contributed by atoms with van der Waals surface area (Å²) in [5.41, 5.74) is 0. The number of nitrogens with zero attached hydrogens (tertiary/aromatic N) is 3. The van der Waals surface area contributed by atoms with E-state index in [1.807, 2.05) is 6.92 Å². The first-order chi connectivity index (χ1) is 9.24. The molecule has 0 spiro atoms. The highest BCUT2D eigenvalue weighted by atomic mass is 16.5. The van der Waals surface area contributed by atoms with Crippen LogP contribution in [0.1, 0.15) is 37.4 Å². The molecular weight excluding hydrogens is 244 g/mol. The van der Waals surface area contributed by atoms with Gasteiger partial charge in [0.25, 0.3) is 0 Å². The summed E-state index contributed by atoms with van der Waals surface area (Å²) in [6.07, 6.45) is 4.37. The van der Waals surface area contributed by atoms with Gasteiger partial charge < -0.3 is 14.7 Å². The number of likely N-dealkylation sites (tertiary alicyclic amines) is 1. The second-order valence-electron chi connectivity index (χ2n) is 4.66. The van der Waals surface area contributed by atoms with Crippen molar-refractivity contribution < 1.29 is 9.32 Å². The topological polar surface area (TPSA) is 71.3 Å². The number of nitrogens with one attached hydrogen (secondary N) is 1. The number of piperidine rings is 1. The van der Waals surface area contributed by atoms with Crippen molar-refractivity contribution in [2.24, 2.45) is 0 Å². The van der Waals surface area contributed by atoms with E-state index in [1.54, 1.807) is 11.0 Å². The van der Waals surface area contributed by atoms with Gasteiger partial charge in [0.05, 0.1) is 0 Å². The minimum Gasteiger partial charge on any atom is -0.339 e. The number of carbonyl (C=O) groups excluding carboxylic acids is 1. The zero-order valence-corrected chi connectivity index (χ0v) is 11.3. The summed E-state index contributed by atoms with van der Waals surface area (Å²) >= 11 is 0. The van der Waals surface area contributed by atoms with Gasteiger partial charge in [0, 0.05) is 32.0 Å². The highest BCUT2D eigenvalue weighted by Gasteiger charge is 2.27. The molecule has 0 unspecified atom stereocenters. The monoisotopic (exact) mass is 264 g/mol. The first kappa shape index (κ1) is 13.6. The van der Waals surface area contributed by atoms with Gasteiger partial charge in [0.15, 0.2) is 5.82 Å². The predicted octanol–water partition coefficient (Wildman–Crippen LogP) is 1.71. The van der Waals surface area contributed by atoms with Crippen molar-refractivity contribution in [2.75, 3.05) is 19.6 Å². The number of hydrogen-bond donors (Lipinski definition) is 1. The second kappa shape index (κ2) is 6.36. The van der Waals surface area contributed by atoms with E-state index in [1.165, 1.54) is 0 Å². The number of hydrogen-bond acceptors (Lipinski definition) is 4. The molecule has 6 heteroatoms. The smallest absolute Gasteiger partial charge is 0.317 e. The molecule has 6 nitrogen and oxygen atoms in total. The summed E-state index contributed by atoms with van der Waals surface area (Å²) < 4.78 is 5.13. The summed E-state index contributed by atoms with van der Waals surface area (Å²) in [4.78, 5) is 18.1. The van der Waals surface area contributed by atoms with E-state index in [-0.39, 0.29) is 11.9 Å². The molecule has 1 aromatic rings. The Bertz CT molecular complexity index is 444. The SMILES string of the molecule is C=CCNC(=O)N1CCC[C@H](c2noc(CC)n2)C1. The Hall–Kier alpha value is -1.85. The average molecular weight is 264 g/mol. The minimum absolute atomic E-state index is 0.0520. The maximum absolute atomic E-state index is 11.9. The number of amides is 2. The molecule has 2 heterocycles. The lowest BCUT2D eigenvalue weighted by Gasteiger charge is -2.31. The summed E-state index contributed by atoms with van der Waals surface area (Å²) in [5.74, 6) is 1.55. The maximum Gasteiger partial charge on any atom is 0.317 e. The van der Waals surface area contributed by atoms with E-state index in [9.17, 15) is 4.79 Å². The Morgan fingerprint density at radius 2 is 2.53 bits per heavy atom. The third-order valence-electron chi connectivity index (χ3n) is 3.26. The molecule has 104 valence electrons. The van der Waals surface area contributed by atoms with Crippen LogP contribution in [-0.4, -0.2) is 40.7 Å². The van der Waals surface area contributed by atoms with Gasteiger partial charge in [0.1, 0.15) is 0 Å². The van der Waals surface area contributed by atoms with Gasteiger partial charge in [-0.25, -0.2) is 4.79 Å². The van der Waals surface area contributed by atoms with Crippen molar-refractivity contribution in [3.8, 4) is 0 Å². The maximum atomic E-state index is 11.9. The first-order valence-electron chi connectivity index (χ1n) is 6.70. The van der Waals surface area contributed by atoms with Crippen LogP contribution in [0, 0.1) is 0 Å². The highest BCUT2D eigenvalue weighted by Crippen LogP contribution is 2.24. The molecule has 1 fully saturated rings. The van der Waals surface area contributed by atoms with E-state index in [0.29, 0.717) is 19.0 Å². The van der Waals surface area contributed by atoms with E-state index in [0.717, 1.165) is 31.6 Å². The van der Waals surface area contributed by atoms with Crippen molar-refractivity contribution in [3.05, 3.63) is 24.4 Å². The number of urea groups is 1. The third-order valence-corrected chi connectivity index (χ3v) is 3.26. The fourth-order valence-electron chi connectivity index (χ4n) is 2.22. The van der Waals surface area contributed by atoms with Gasteiger partial charge in [-0.05, 0) is 12.8 Å². The molecule has 0 aromatic carbocycles. The van der Waals surface area contributed by atoms with Crippen molar-refractivity contribution in [1.82, 2.24) is 20.4 Å². The highest BCUT2D eigenvalue weighted by molar-refractivity contribution is 5.74. The molecule has 19 heavy (non-hydrogen) atoms. The van der Waals surface area contributed by atoms with Crippen LogP contribution in [0.3, 0.4) is 0 Å². The Balaban J connectivity index is 1.96. The van der Waals surface area contributed by atoms with Gasteiger partial charge in [-0.15, -0.1) is 6.58 Å². The first-order valence-corrected chi connectivity index (χ1v) is 6.70. The largest absolute Gasteiger partial charge is 0.339 e. The fraction of sp³-hybridized carbons (Fsp3) is 0.615. The number of aryl methyl sites for hydroxylation is 1. The molecule has 1 aromatic heterocycles. The van der Waals surface area contributed by atoms with E-state index in [2.05, 4.69) is 22.0 Å². The van der Waals surface area contributed by atoms with Crippen molar-refractivity contribution in [1.29, 1.82) is 0 Å². The lowest BCUT2D eigenvalue weighted by atomic mass is 9.98. The van der Waals surface area contributed by atoms with Gasteiger partial charge >= 0.3 is 6.03 Å². The molecule has 1 aliphatic rings. The van der Waals surface area contributed by atoms with Crippen LogP contribution in [-0.2, 0) is 6.42 Å². The summed E-state index contributed by atoms with van der Waals surface area (Å²) in [5, 5.41) is 6.80. The minimum atomic E-state index is -0.0520. The van der Waals surface area contributed by atoms with E-state index < -0.39 is 0 Å². The van der Waals surface area contributed by atoms with Crippen molar-refractivity contribution >= 4 is 6.03 Å². The van der Waals surface area contributed by atoms with Gasteiger partial charge in [-0.1, -0.05) is 18.2 Å². The molecule has 1 atom stereocenters. The summed E-state index contributed by atoms with van der Waals surface area (Å²) in [6.45, 7) is 7.47. The van der Waals surface area contributed by atoms with Crippen molar-refractivity contribution in [2.45, 2.75) is 32.1 Å². The zero-order valence-electron chi connectivity index (χ0n) is 11.3. The van der Waals surface area contributed by atoms with Crippen LogP contribution in [0.4, 0.5) is 4.79 Å². The summed E-state index contributed by atoms with van der Waals surface area (Å²) in [6, 6.07) is -0.0520. The standard InChI is InChI=1S/C13H20N4O2/c1-3-7-14-13(18)17-8-5-6-10(9-17)12-15-11(4-2)19-16-12/h3,10H,1,4-9H2,2H3,(H,14,18)/t10-/m0/s1. The fourth-order valence-corrected chi connectivity index (χ4v) is 2.22. The molecule has 0 saturated carbocycles. The molecular formula is C13H20N4O2. The number of aromatic nitrogens is 2. The predicted molar refractivity (Wildman–Crippen MR) is 70.8 cm³/mol. The Kier molecular flexibility index (Phi) is 4.54. The lowest BCUT2D eigenvalue weighted by molar-refractivity contribution is 0.178. The Morgan fingerprint density at radius 1 is 1.68 bits per heavy atom. The molecule has 0 bridgehead atoms. The summed E-state index contributed by atoms with van der Waals surface area (Å²) in [7, 11) is 0. The number of carbonyl (C=O) groups is 1. The van der Waals surface area contributed by atoms with Gasteiger partial charge in [-0.3, -0.25) is 0 Å². The molecule has 0 aliphatic carbocycles. The molecule has 2 rings (SSSR count). The molecule has 1 N–H and O–H groups in total. The zero-order chi connectivity index (χ0) is 13.7. The normalized spacial score (nSPS) is 19.2. The van der Waals surface area contributed by atoms with Crippen molar-refractivity contribution in [3.63, 3.8) is 0 Å². The van der Waals surface area contributed by atoms with E-state index in [4.69, 9.17) is 4.52 Å². The van der Waals surface area contributed by atoms with Crippen LogP contribution >= 0.6 is 0 Å². The van der Waals surface area contributed by atoms with Gasteiger partial charge in [0.2, 0.25) is 5.89 Å². The number of rotatable bonds is 4. The lowest BCUT2D eigenvalue weighted by Crippen LogP contribution is -2.45. The van der Waals surface area contributed by atoms with Crippen LogP contribution in [0.25, 0.3) is 0 Å². The molecule has 2 amide bonds. The molecule has 1 saturated heterocycles. The quantitative estimate of drug-likeness (QED) is 0.840. The van der Waals surface area contributed by atoms with E-state index >= 15 is 0 Å². The molecule has 0 radical (unpaired) electrons. The Morgan fingerprint density at radius 3 is 3.21 bits per heavy atom. The Labute approximate surface area is 112 Å².